The predicted molar refractivity (Wildman–Crippen MR) is 288 cm³/mol. The molecule has 18 atom stereocenters. The highest BCUT2D eigenvalue weighted by atomic mass is 16.5. The van der Waals surface area contributed by atoms with Gasteiger partial charge in [0.15, 0.2) is 11.6 Å². The van der Waals surface area contributed by atoms with Gasteiger partial charge in [-0.3, -0.25) is 19.2 Å². The van der Waals surface area contributed by atoms with E-state index in [9.17, 15) is 19.2 Å². The van der Waals surface area contributed by atoms with Crippen LogP contribution in [-0.4, -0.2) is 68.8 Å². The summed E-state index contributed by atoms with van der Waals surface area (Å²) in [6.07, 6.45) is 23.3. The highest BCUT2D eigenvalue weighted by Gasteiger charge is 2.72. The van der Waals surface area contributed by atoms with Crippen LogP contribution >= 0.6 is 0 Å². The van der Waals surface area contributed by atoms with Crippen molar-refractivity contribution in [2.75, 3.05) is 28.3 Å². The number of esters is 2. The minimum Gasteiger partial charge on any atom is -0.469 e. The summed E-state index contributed by atoms with van der Waals surface area (Å²) in [7, 11) is 7.50. The van der Waals surface area contributed by atoms with Crippen molar-refractivity contribution in [1.82, 2.24) is 4.90 Å². The Bertz CT molecular complexity index is 2330. The maximum absolute atomic E-state index is 14.5. The summed E-state index contributed by atoms with van der Waals surface area (Å²) >= 11 is 0. The molecule has 8 nitrogen and oxygen atoms in total. The van der Waals surface area contributed by atoms with Gasteiger partial charge in [-0.05, 0) is 233 Å². The SMILES string of the molecule is COC(=O)[C@@]1(C)CC[C@]2(C)CC[C@]3(C)C(=CC(=O)[C@@H]4[C@@]5(C)CCC(N(C)C)C(C)(C)[C@@H]5CC[C@]43C)[C@H]2C1.COC(=O)[C@@]1(C)CC[C@]2(C)CC[C@]3(C)C(=CC(=O)[C@@H]4[C@@]5(C)CCC(N)C(C)(C)[C@@H]5CC[C@]43C)[C@H]2C1. The largest absolute Gasteiger partial charge is 0.469 e. The molecule has 10 rings (SSSR count). The topological polar surface area (TPSA) is 116 Å². The summed E-state index contributed by atoms with van der Waals surface area (Å²) in [5.74, 6) is 2.26. The molecule has 8 heteroatoms. The number of methoxy groups -OCH3 is 2. The van der Waals surface area contributed by atoms with Gasteiger partial charge in [-0.2, -0.15) is 0 Å². The fourth-order valence-electron chi connectivity index (χ4n) is 22.2. The number of allylic oxidation sites excluding steroid dienone is 4. The van der Waals surface area contributed by atoms with Gasteiger partial charge in [0.1, 0.15) is 0 Å². The summed E-state index contributed by atoms with van der Waals surface area (Å²) in [4.78, 5) is 56.9. The second kappa shape index (κ2) is 16.8. The lowest BCUT2D eigenvalue weighted by molar-refractivity contribution is -0.194. The molecule has 2 unspecified atom stereocenters. The molecule has 404 valence electrons. The lowest BCUT2D eigenvalue weighted by Crippen LogP contribution is -2.67. The highest BCUT2D eigenvalue weighted by molar-refractivity contribution is 5.96. The number of ether oxygens (including phenoxy) is 2. The van der Waals surface area contributed by atoms with E-state index in [1.165, 1.54) is 51.0 Å². The average molecular weight is 996 g/mol. The van der Waals surface area contributed by atoms with E-state index < -0.39 is 10.8 Å². The number of carbonyl (C=O) groups is 4. The van der Waals surface area contributed by atoms with E-state index in [-0.39, 0.29) is 95.8 Å². The first-order chi connectivity index (χ1) is 33.1. The Balaban J connectivity index is 0.000000178. The van der Waals surface area contributed by atoms with Gasteiger partial charge in [0.25, 0.3) is 0 Å². The van der Waals surface area contributed by atoms with Crippen molar-refractivity contribution in [1.29, 1.82) is 0 Å². The normalized spacial score (nSPS) is 51.8. The molecule has 0 amide bonds. The first-order valence-electron chi connectivity index (χ1n) is 29.2. The van der Waals surface area contributed by atoms with Crippen LogP contribution in [0.2, 0.25) is 0 Å². The lowest BCUT2D eigenvalue weighted by atomic mass is 9.33. The Morgan fingerprint density at radius 1 is 0.514 bits per heavy atom. The molecule has 8 fully saturated rings. The molecular weight excluding hydrogens is 893 g/mol. The van der Waals surface area contributed by atoms with Gasteiger partial charge in [-0.25, -0.2) is 0 Å². The Hall–Kier alpha value is -2.32. The van der Waals surface area contributed by atoms with Gasteiger partial charge in [-0.1, -0.05) is 94.2 Å². The van der Waals surface area contributed by atoms with Gasteiger partial charge < -0.3 is 20.1 Å². The summed E-state index contributed by atoms with van der Waals surface area (Å²) < 4.78 is 10.5. The molecule has 8 saturated carbocycles. The van der Waals surface area contributed by atoms with Crippen LogP contribution in [0.15, 0.2) is 23.3 Å². The van der Waals surface area contributed by atoms with E-state index in [0.717, 1.165) is 89.9 Å². The predicted octanol–water partition coefficient (Wildman–Crippen LogP) is 13.5. The monoisotopic (exact) mass is 995 g/mol. The van der Waals surface area contributed by atoms with Crippen molar-refractivity contribution in [3.8, 4) is 0 Å². The quantitative estimate of drug-likeness (QED) is 0.278. The lowest BCUT2D eigenvalue weighted by Gasteiger charge is -2.71. The second-order valence-corrected chi connectivity index (χ2v) is 31.3. The molecule has 0 aromatic heterocycles. The summed E-state index contributed by atoms with van der Waals surface area (Å²) in [5.41, 5.74) is 8.93. The van der Waals surface area contributed by atoms with Crippen molar-refractivity contribution in [2.45, 2.75) is 225 Å². The van der Waals surface area contributed by atoms with Crippen LogP contribution in [0.4, 0.5) is 0 Å². The Morgan fingerprint density at radius 2 is 0.889 bits per heavy atom. The zero-order valence-corrected chi connectivity index (χ0v) is 49.0. The molecule has 0 radical (unpaired) electrons. The van der Waals surface area contributed by atoms with Crippen molar-refractivity contribution in [3.05, 3.63) is 23.3 Å². The van der Waals surface area contributed by atoms with Crippen LogP contribution in [0.3, 0.4) is 0 Å². The third-order valence-corrected chi connectivity index (χ3v) is 27.2. The average Bonchev–Trinajstić information content (AvgIpc) is 3.29. The molecule has 10 aliphatic rings. The number of ketones is 2. The fourth-order valence-corrected chi connectivity index (χ4v) is 22.2. The molecule has 0 aromatic rings. The highest BCUT2D eigenvalue weighted by Crippen LogP contribution is 2.77. The minimum atomic E-state index is -0.466. The molecular formula is C64H102N2O6. The number of hydrogen-bond donors (Lipinski definition) is 1. The zero-order chi connectivity index (χ0) is 53.2. The van der Waals surface area contributed by atoms with Crippen LogP contribution in [0.25, 0.3) is 0 Å². The van der Waals surface area contributed by atoms with Gasteiger partial charge in [0, 0.05) is 23.9 Å². The third kappa shape index (κ3) is 7.11. The van der Waals surface area contributed by atoms with E-state index >= 15 is 0 Å². The van der Waals surface area contributed by atoms with Gasteiger partial charge in [0.2, 0.25) is 0 Å². The van der Waals surface area contributed by atoms with Crippen LogP contribution in [0.1, 0.15) is 213 Å². The van der Waals surface area contributed by atoms with Gasteiger partial charge in [0.05, 0.1) is 25.0 Å². The van der Waals surface area contributed by atoms with Gasteiger partial charge >= 0.3 is 11.9 Å². The molecule has 0 spiro atoms. The standard InChI is InChI=1S/C33H53NO3.C31H49NO3/c1-28(2)24-11-14-33(7)26(31(24,5)13-12-25(28)34(8)9)23(35)19-21-22-20-30(4,27(36)37-10)16-15-29(22,3)17-18-32(21,33)6;1-26(2)22-9-12-31(7)24(29(22,5)11-10-23(26)32)21(33)17-19-20-18-28(4,25(34)35-8)14-13-27(20,3)15-16-30(19,31)6/h19,22,24-26H,11-18,20H2,1-10H3;17,20,22-24H,9-16,18,32H2,1-8H3/t22-,24+,25?,26-,29-,30+,31+,32-,33-;20-,22+,23?,24-,27-,28+,29+,30-,31-/m11/s1. The Morgan fingerprint density at radius 3 is 1.28 bits per heavy atom. The summed E-state index contributed by atoms with van der Waals surface area (Å²) in [5, 5.41) is 0. The number of rotatable bonds is 3. The van der Waals surface area contributed by atoms with Gasteiger partial charge in [-0.15, -0.1) is 0 Å². The molecule has 0 aliphatic heterocycles. The summed E-state index contributed by atoms with van der Waals surface area (Å²) in [6.45, 7) is 33.5. The first-order valence-corrected chi connectivity index (χ1v) is 29.2. The molecule has 2 N–H and O–H groups in total. The van der Waals surface area contributed by atoms with Crippen molar-refractivity contribution >= 4 is 23.5 Å². The van der Waals surface area contributed by atoms with E-state index in [4.69, 9.17) is 15.2 Å². The van der Waals surface area contributed by atoms with E-state index in [1.54, 1.807) is 0 Å². The van der Waals surface area contributed by atoms with Crippen molar-refractivity contribution < 1.29 is 28.7 Å². The Labute approximate surface area is 437 Å². The fraction of sp³-hybridized carbons (Fsp3) is 0.875. The second-order valence-electron chi connectivity index (χ2n) is 31.3. The number of nitrogens with two attached hydrogens (primary N) is 1. The number of hydrogen-bond acceptors (Lipinski definition) is 8. The van der Waals surface area contributed by atoms with Crippen LogP contribution in [0.5, 0.6) is 0 Å². The van der Waals surface area contributed by atoms with E-state index in [2.05, 4.69) is 128 Å². The van der Waals surface area contributed by atoms with Crippen LogP contribution in [0, 0.1) is 100 Å². The zero-order valence-electron chi connectivity index (χ0n) is 49.0. The third-order valence-electron chi connectivity index (χ3n) is 27.2. The summed E-state index contributed by atoms with van der Waals surface area (Å²) in [6, 6.07) is 0.767. The van der Waals surface area contributed by atoms with Crippen molar-refractivity contribution in [3.63, 3.8) is 0 Å². The maximum atomic E-state index is 14.5. The minimum absolute atomic E-state index is 0.000637. The van der Waals surface area contributed by atoms with E-state index in [0.29, 0.717) is 29.4 Å². The first kappa shape index (κ1) is 54.5. The number of carbonyl (C=O) groups excluding carboxylic acids is 4. The van der Waals surface area contributed by atoms with Crippen molar-refractivity contribution in [2.24, 2.45) is 106 Å². The molecule has 0 saturated heterocycles. The van der Waals surface area contributed by atoms with E-state index in [1.807, 2.05) is 0 Å². The molecule has 10 aliphatic carbocycles. The number of fused-ring (bicyclic) bond motifs is 14. The molecule has 72 heavy (non-hydrogen) atoms. The molecule has 0 bridgehead atoms. The smallest absolute Gasteiger partial charge is 0.311 e. The molecule has 0 aromatic carbocycles. The maximum Gasteiger partial charge on any atom is 0.311 e. The number of nitrogens with zero attached hydrogens (tertiary/aromatic N) is 1. The van der Waals surface area contributed by atoms with Crippen LogP contribution in [-0.2, 0) is 28.7 Å². The Kier molecular flexibility index (Phi) is 12.7. The molecule has 0 heterocycles. The van der Waals surface area contributed by atoms with Crippen LogP contribution < -0.4 is 5.73 Å².